The number of aliphatic hydroxyl groups excluding tert-OH is 1. The minimum absolute atomic E-state index is 0.147. The van der Waals surface area contributed by atoms with Gasteiger partial charge in [-0.25, -0.2) is 4.98 Å². The van der Waals surface area contributed by atoms with Gasteiger partial charge >= 0.3 is 0 Å². The van der Waals surface area contributed by atoms with E-state index < -0.39 is 9.90 Å². The number of alkyl halides is 3. The predicted molar refractivity (Wildman–Crippen MR) is 69.5 cm³/mol. The molecule has 0 radical (unpaired) electrons. The number of nitrogens with zero attached hydrogens (tertiary/aromatic N) is 2. The Morgan fingerprint density at radius 1 is 1.18 bits per heavy atom. The number of fused-ring (bicyclic) bond motifs is 1. The van der Waals surface area contributed by atoms with Crippen molar-refractivity contribution in [3.63, 3.8) is 0 Å². The van der Waals surface area contributed by atoms with Crippen LogP contribution in [-0.2, 0) is 6.42 Å². The molecule has 1 heterocycles. The van der Waals surface area contributed by atoms with E-state index in [0.717, 1.165) is 11.0 Å². The van der Waals surface area contributed by atoms with E-state index in [0.29, 0.717) is 5.69 Å². The van der Waals surface area contributed by atoms with Crippen molar-refractivity contribution in [1.29, 1.82) is 0 Å². The maximum atomic E-state index is 9.65. The molecule has 0 aliphatic rings. The molecular formula is C11H9Cl3N2O. The predicted octanol–water partition coefficient (Wildman–Crippen LogP) is 2.90. The molecule has 0 aliphatic carbocycles. The number of halogens is 3. The molecule has 1 N–H and O–H groups in total. The number of aromatic nitrogens is 2. The van der Waals surface area contributed by atoms with Crippen molar-refractivity contribution >= 4 is 45.8 Å². The van der Waals surface area contributed by atoms with Crippen LogP contribution in [-0.4, -0.2) is 25.0 Å². The third-order valence-corrected chi connectivity index (χ3v) is 3.03. The summed E-state index contributed by atoms with van der Waals surface area (Å²) in [6.07, 6.45) is 0.610. The fourth-order valence-corrected chi connectivity index (χ4v) is 1.64. The lowest BCUT2D eigenvalue weighted by Gasteiger charge is -2.18. The lowest BCUT2D eigenvalue weighted by molar-refractivity contribution is 0.178. The second-order valence-electron chi connectivity index (χ2n) is 3.61. The molecule has 1 aromatic heterocycles. The smallest absolute Gasteiger partial charge is 0.216 e. The highest BCUT2D eigenvalue weighted by Crippen LogP contribution is 2.31. The fourth-order valence-electron chi connectivity index (χ4n) is 1.41. The third-order valence-electron chi connectivity index (χ3n) is 2.28. The highest BCUT2D eigenvalue weighted by molar-refractivity contribution is 6.68. The van der Waals surface area contributed by atoms with Crippen molar-refractivity contribution in [2.75, 3.05) is 0 Å². The Hall–Kier alpha value is -0.610. The van der Waals surface area contributed by atoms with Gasteiger partial charge < -0.3 is 5.11 Å². The Balaban J connectivity index is 2.25. The summed E-state index contributed by atoms with van der Waals surface area (Å²) >= 11 is 16.8. The quantitative estimate of drug-likeness (QED) is 0.865. The first-order chi connectivity index (χ1) is 7.97. The van der Waals surface area contributed by atoms with Gasteiger partial charge in [-0.05, 0) is 12.1 Å². The molecule has 2 aromatic rings. The van der Waals surface area contributed by atoms with Gasteiger partial charge in [0.1, 0.15) is 6.10 Å². The maximum Gasteiger partial charge on any atom is 0.216 e. The molecule has 90 valence electrons. The van der Waals surface area contributed by atoms with Crippen molar-refractivity contribution < 1.29 is 5.11 Å². The van der Waals surface area contributed by atoms with Crippen molar-refractivity contribution in [1.82, 2.24) is 9.97 Å². The summed E-state index contributed by atoms with van der Waals surface area (Å²) in [7, 11) is 0. The maximum absolute atomic E-state index is 9.65. The Bertz CT molecular complexity index is 527. The van der Waals surface area contributed by atoms with Gasteiger partial charge in [0.2, 0.25) is 3.79 Å². The average molecular weight is 292 g/mol. The molecule has 0 amide bonds. The number of hydrogen-bond donors (Lipinski definition) is 1. The van der Waals surface area contributed by atoms with Crippen LogP contribution in [0, 0.1) is 0 Å². The summed E-state index contributed by atoms with van der Waals surface area (Å²) in [6, 6.07) is 7.45. The zero-order chi connectivity index (χ0) is 12.5. The van der Waals surface area contributed by atoms with Crippen LogP contribution in [0.5, 0.6) is 0 Å². The summed E-state index contributed by atoms with van der Waals surface area (Å²) in [4.78, 5) is 8.54. The zero-order valence-corrected chi connectivity index (χ0v) is 10.9. The van der Waals surface area contributed by atoms with Crippen molar-refractivity contribution in [3.8, 4) is 0 Å². The van der Waals surface area contributed by atoms with E-state index >= 15 is 0 Å². The molecule has 2 rings (SSSR count). The minimum Gasteiger partial charge on any atom is -0.388 e. The Kier molecular flexibility index (Phi) is 3.73. The van der Waals surface area contributed by atoms with E-state index in [1.54, 1.807) is 6.20 Å². The van der Waals surface area contributed by atoms with Crippen molar-refractivity contribution in [2.45, 2.75) is 16.3 Å². The number of rotatable bonds is 2. The molecule has 0 saturated heterocycles. The van der Waals surface area contributed by atoms with Gasteiger partial charge in [-0.3, -0.25) is 4.98 Å². The van der Waals surface area contributed by atoms with E-state index in [4.69, 9.17) is 34.8 Å². The second-order valence-corrected chi connectivity index (χ2v) is 5.98. The fraction of sp³-hybridized carbons (Fsp3) is 0.273. The summed E-state index contributed by atoms with van der Waals surface area (Å²) in [5, 5.41) is 9.65. The molecule has 17 heavy (non-hydrogen) atoms. The van der Waals surface area contributed by atoms with Crippen LogP contribution in [0.3, 0.4) is 0 Å². The first kappa shape index (κ1) is 12.8. The van der Waals surface area contributed by atoms with Gasteiger partial charge in [0.15, 0.2) is 0 Å². The lowest BCUT2D eigenvalue weighted by Crippen LogP contribution is -2.27. The minimum atomic E-state index is -1.71. The van der Waals surface area contributed by atoms with Crippen LogP contribution in [0.2, 0.25) is 0 Å². The van der Waals surface area contributed by atoms with Crippen LogP contribution in [0.4, 0.5) is 0 Å². The summed E-state index contributed by atoms with van der Waals surface area (Å²) in [5.74, 6) is 0. The lowest BCUT2D eigenvalue weighted by atomic mass is 10.2. The third kappa shape index (κ3) is 3.19. The monoisotopic (exact) mass is 290 g/mol. The first-order valence-electron chi connectivity index (χ1n) is 4.92. The molecular weight excluding hydrogens is 282 g/mol. The molecule has 1 unspecified atom stereocenters. The molecule has 6 heteroatoms. The standard InChI is InChI=1S/C11H9Cl3N2O/c12-11(13,14)10(17)5-7-6-15-8-3-1-2-4-9(8)16-7/h1-4,6,10,17H,5H2. The molecule has 0 bridgehead atoms. The van der Waals surface area contributed by atoms with Gasteiger partial charge in [-0.15, -0.1) is 0 Å². The Morgan fingerprint density at radius 2 is 1.82 bits per heavy atom. The molecule has 1 atom stereocenters. The summed E-state index contributed by atoms with van der Waals surface area (Å²) in [5.41, 5.74) is 2.13. The summed E-state index contributed by atoms with van der Waals surface area (Å²) < 4.78 is -1.71. The molecule has 0 spiro atoms. The van der Waals surface area contributed by atoms with Gasteiger partial charge in [0.05, 0.1) is 16.7 Å². The largest absolute Gasteiger partial charge is 0.388 e. The van der Waals surface area contributed by atoms with Crippen molar-refractivity contribution in [3.05, 3.63) is 36.2 Å². The molecule has 0 aliphatic heterocycles. The Labute approximate surface area is 113 Å². The highest BCUT2D eigenvalue weighted by atomic mass is 35.6. The van der Waals surface area contributed by atoms with Crippen LogP contribution in [0.1, 0.15) is 5.69 Å². The Morgan fingerprint density at radius 3 is 2.47 bits per heavy atom. The van der Waals surface area contributed by atoms with E-state index in [9.17, 15) is 5.11 Å². The second kappa shape index (κ2) is 4.94. The number of aliphatic hydroxyl groups is 1. The molecule has 0 saturated carbocycles. The number of benzene rings is 1. The van der Waals surface area contributed by atoms with E-state index in [1.165, 1.54) is 0 Å². The number of hydrogen-bond acceptors (Lipinski definition) is 3. The van der Waals surface area contributed by atoms with Crippen LogP contribution < -0.4 is 0 Å². The zero-order valence-electron chi connectivity index (χ0n) is 8.65. The van der Waals surface area contributed by atoms with E-state index in [2.05, 4.69) is 9.97 Å². The summed E-state index contributed by atoms with van der Waals surface area (Å²) in [6.45, 7) is 0. The molecule has 0 fully saturated rings. The SMILES string of the molecule is OC(Cc1cnc2ccccc2n1)C(Cl)(Cl)Cl. The highest BCUT2D eigenvalue weighted by Gasteiger charge is 2.31. The average Bonchev–Trinajstić information content (AvgIpc) is 2.27. The van der Waals surface area contributed by atoms with E-state index in [1.807, 2.05) is 24.3 Å². The van der Waals surface area contributed by atoms with Crippen LogP contribution >= 0.6 is 34.8 Å². The van der Waals surface area contributed by atoms with E-state index in [-0.39, 0.29) is 6.42 Å². The molecule has 1 aromatic carbocycles. The number of para-hydroxylation sites is 2. The van der Waals surface area contributed by atoms with Crippen LogP contribution in [0.15, 0.2) is 30.5 Å². The van der Waals surface area contributed by atoms with Crippen LogP contribution in [0.25, 0.3) is 11.0 Å². The van der Waals surface area contributed by atoms with Crippen molar-refractivity contribution in [2.24, 2.45) is 0 Å². The molecule has 3 nitrogen and oxygen atoms in total. The van der Waals surface area contributed by atoms with Gasteiger partial charge in [-0.1, -0.05) is 46.9 Å². The van der Waals surface area contributed by atoms with Gasteiger partial charge in [-0.2, -0.15) is 0 Å². The topological polar surface area (TPSA) is 46.0 Å². The van der Waals surface area contributed by atoms with Gasteiger partial charge in [0.25, 0.3) is 0 Å². The normalized spacial score (nSPS) is 13.9. The van der Waals surface area contributed by atoms with Gasteiger partial charge in [0, 0.05) is 12.6 Å². The first-order valence-corrected chi connectivity index (χ1v) is 6.05.